The second kappa shape index (κ2) is 7.69. The smallest absolute Gasteiger partial charge is 0.132 e. The van der Waals surface area contributed by atoms with Crippen molar-refractivity contribution in [2.75, 3.05) is 19.8 Å². The molecule has 0 spiro atoms. The van der Waals surface area contributed by atoms with Gasteiger partial charge in [-0.3, -0.25) is 4.79 Å². The number of hydrogen-bond acceptors (Lipinski definition) is 3. The number of rotatable bonds is 7. The van der Waals surface area contributed by atoms with Gasteiger partial charge in [-0.25, -0.2) is 0 Å². The van der Waals surface area contributed by atoms with Gasteiger partial charge in [0, 0.05) is 13.0 Å². The maximum absolute atomic E-state index is 10.4. The number of ether oxygens (including phenoxy) is 1. The fraction of sp³-hybridized carbons (Fsp3) is 0.875. The molecule has 11 heavy (non-hydrogen) atoms. The number of carbonyl (C=O) groups is 1. The quantitative estimate of drug-likeness (QED) is 0.557. The lowest BCUT2D eigenvalue weighted by atomic mass is 10.3. The van der Waals surface area contributed by atoms with Crippen molar-refractivity contribution in [3.05, 3.63) is 0 Å². The molecule has 0 fully saturated rings. The lowest BCUT2D eigenvalue weighted by molar-refractivity contribution is -0.118. The zero-order valence-electron chi connectivity index (χ0n) is 7.14. The number of hydrogen-bond donors (Lipinski definition) is 1. The summed E-state index contributed by atoms with van der Waals surface area (Å²) in [7, 11) is 0. The van der Waals surface area contributed by atoms with Gasteiger partial charge in [-0.15, -0.1) is 0 Å². The molecule has 0 rings (SSSR count). The van der Waals surface area contributed by atoms with Crippen LogP contribution in [-0.4, -0.2) is 25.5 Å². The van der Waals surface area contributed by atoms with Crippen molar-refractivity contribution in [3.8, 4) is 0 Å². The van der Waals surface area contributed by atoms with Crippen LogP contribution in [0.3, 0.4) is 0 Å². The Hall–Kier alpha value is -0.410. The van der Waals surface area contributed by atoms with E-state index in [0.29, 0.717) is 13.0 Å². The first-order valence-corrected chi connectivity index (χ1v) is 4.04. The molecule has 0 amide bonds. The van der Waals surface area contributed by atoms with Gasteiger partial charge in [0.05, 0.1) is 6.61 Å². The molecule has 0 heterocycles. The van der Waals surface area contributed by atoms with Crippen LogP contribution in [-0.2, 0) is 9.53 Å². The Morgan fingerprint density at radius 2 is 2.09 bits per heavy atom. The molecule has 0 radical (unpaired) electrons. The zero-order valence-corrected chi connectivity index (χ0v) is 7.14. The molecule has 0 aromatic carbocycles. The van der Waals surface area contributed by atoms with E-state index in [0.717, 1.165) is 26.0 Å². The molecule has 0 bridgehead atoms. The predicted octanol–water partition coefficient (Wildman–Crippen LogP) is 0.721. The van der Waals surface area contributed by atoms with E-state index in [1.165, 1.54) is 0 Å². The minimum Gasteiger partial charge on any atom is -0.381 e. The van der Waals surface area contributed by atoms with E-state index in [4.69, 9.17) is 10.5 Å². The van der Waals surface area contributed by atoms with Crippen LogP contribution in [0, 0.1) is 0 Å². The van der Waals surface area contributed by atoms with Crippen molar-refractivity contribution in [3.63, 3.8) is 0 Å². The largest absolute Gasteiger partial charge is 0.381 e. The summed E-state index contributed by atoms with van der Waals surface area (Å²) in [6.07, 6.45) is 2.52. The SMILES string of the molecule is CC(=O)CCOCCCCN. The monoisotopic (exact) mass is 159 g/mol. The van der Waals surface area contributed by atoms with Gasteiger partial charge < -0.3 is 10.5 Å². The highest BCUT2D eigenvalue weighted by molar-refractivity contribution is 5.75. The molecule has 3 heteroatoms. The Morgan fingerprint density at radius 1 is 1.36 bits per heavy atom. The third-order valence-electron chi connectivity index (χ3n) is 1.34. The molecule has 0 saturated heterocycles. The molecule has 0 aromatic rings. The summed E-state index contributed by atoms with van der Waals surface area (Å²) in [6, 6.07) is 0. The van der Waals surface area contributed by atoms with Crippen LogP contribution in [0.25, 0.3) is 0 Å². The Morgan fingerprint density at radius 3 is 2.64 bits per heavy atom. The van der Waals surface area contributed by atoms with E-state index in [-0.39, 0.29) is 5.78 Å². The second-order valence-electron chi connectivity index (χ2n) is 2.56. The third kappa shape index (κ3) is 9.59. The van der Waals surface area contributed by atoms with E-state index in [1.54, 1.807) is 6.92 Å². The first-order chi connectivity index (χ1) is 5.27. The normalized spacial score (nSPS) is 10.0. The van der Waals surface area contributed by atoms with Crippen LogP contribution in [0.2, 0.25) is 0 Å². The van der Waals surface area contributed by atoms with Crippen LogP contribution in [0.15, 0.2) is 0 Å². The summed E-state index contributed by atoms with van der Waals surface area (Å²) in [5.41, 5.74) is 5.28. The van der Waals surface area contributed by atoms with Gasteiger partial charge in [-0.2, -0.15) is 0 Å². The molecule has 0 aromatic heterocycles. The molecule has 0 aliphatic carbocycles. The van der Waals surface area contributed by atoms with E-state index >= 15 is 0 Å². The second-order valence-corrected chi connectivity index (χ2v) is 2.56. The average Bonchev–Trinajstić information content (AvgIpc) is 1.96. The van der Waals surface area contributed by atoms with Crippen LogP contribution < -0.4 is 5.73 Å². The molecule has 66 valence electrons. The van der Waals surface area contributed by atoms with Crippen LogP contribution in [0.4, 0.5) is 0 Å². The number of nitrogens with two attached hydrogens (primary N) is 1. The average molecular weight is 159 g/mol. The van der Waals surface area contributed by atoms with E-state index in [9.17, 15) is 4.79 Å². The Bertz CT molecular complexity index is 104. The van der Waals surface area contributed by atoms with Gasteiger partial charge >= 0.3 is 0 Å². The van der Waals surface area contributed by atoms with Gasteiger partial charge in [-0.1, -0.05) is 0 Å². The summed E-state index contributed by atoms with van der Waals surface area (Å²) < 4.78 is 5.17. The lowest BCUT2D eigenvalue weighted by Crippen LogP contribution is -2.04. The molecule has 0 unspecified atom stereocenters. The van der Waals surface area contributed by atoms with Gasteiger partial charge in [0.25, 0.3) is 0 Å². The molecule has 0 aliphatic rings. The van der Waals surface area contributed by atoms with Crippen molar-refractivity contribution in [1.29, 1.82) is 0 Å². The van der Waals surface area contributed by atoms with Crippen LogP contribution in [0.1, 0.15) is 26.2 Å². The standard InChI is InChI=1S/C8H17NO2/c1-8(10)4-7-11-6-3-2-5-9/h2-7,9H2,1H3. The Balaban J connectivity index is 2.85. The number of Topliss-reactive ketones (excluding diaryl/α,β-unsaturated/α-hetero) is 1. The van der Waals surface area contributed by atoms with Crippen molar-refractivity contribution in [1.82, 2.24) is 0 Å². The highest BCUT2D eigenvalue weighted by Crippen LogP contribution is 1.89. The minimum atomic E-state index is 0.184. The van der Waals surface area contributed by atoms with Crippen LogP contribution >= 0.6 is 0 Å². The van der Waals surface area contributed by atoms with Crippen molar-refractivity contribution < 1.29 is 9.53 Å². The fourth-order valence-electron chi connectivity index (χ4n) is 0.666. The first kappa shape index (κ1) is 10.6. The summed E-state index contributed by atoms with van der Waals surface area (Å²) in [4.78, 5) is 10.4. The molecule has 0 aliphatic heterocycles. The number of carbonyl (C=O) groups excluding carboxylic acids is 1. The van der Waals surface area contributed by atoms with Gasteiger partial charge in [-0.05, 0) is 26.3 Å². The summed E-state index contributed by atoms with van der Waals surface area (Å²) in [5, 5.41) is 0. The molecule has 0 saturated carbocycles. The Labute approximate surface area is 67.9 Å². The molecule has 3 nitrogen and oxygen atoms in total. The van der Waals surface area contributed by atoms with E-state index in [2.05, 4.69) is 0 Å². The lowest BCUT2D eigenvalue weighted by Gasteiger charge is -2.00. The van der Waals surface area contributed by atoms with Gasteiger partial charge in [0.1, 0.15) is 5.78 Å². The van der Waals surface area contributed by atoms with E-state index < -0.39 is 0 Å². The number of unbranched alkanes of at least 4 members (excludes halogenated alkanes) is 1. The van der Waals surface area contributed by atoms with Crippen LogP contribution in [0.5, 0.6) is 0 Å². The highest BCUT2D eigenvalue weighted by atomic mass is 16.5. The first-order valence-electron chi connectivity index (χ1n) is 4.04. The fourth-order valence-corrected chi connectivity index (χ4v) is 0.666. The summed E-state index contributed by atoms with van der Waals surface area (Å²) in [5.74, 6) is 0.184. The number of ketones is 1. The van der Waals surface area contributed by atoms with Crippen molar-refractivity contribution in [2.45, 2.75) is 26.2 Å². The molecular weight excluding hydrogens is 142 g/mol. The third-order valence-corrected chi connectivity index (χ3v) is 1.34. The molecular formula is C8H17NO2. The maximum Gasteiger partial charge on any atom is 0.132 e. The van der Waals surface area contributed by atoms with Crippen molar-refractivity contribution >= 4 is 5.78 Å². The summed E-state index contributed by atoms with van der Waals surface area (Å²) in [6.45, 7) is 3.57. The Kier molecular flexibility index (Phi) is 7.41. The molecule has 0 atom stereocenters. The predicted molar refractivity (Wildman–Crippen MR) is 44.4 cm³/mol. The molecule has 2 N–H and O–H groups in total. The van der Waals surface area contributed by atoms with Gasteiger partial charge in [0.2, 0.25) is 0 Å². The van der Waals surface area contributed by atoms with E-state index in [1.807, 2.05) is 0 Å². The van der Waals surface area contributed by atoms with Gasteiger partial charge in [0.15, 0.2) is 0 Å². The topological polar surface area (TPSA) is 52.3 Å². The van der Waals surface area contributed by atoms with Crippen molar-refractivity contribution in [2.24, 2.45) is 5.73 Å². The minimum absolute atomic E-state index is 0.184. The zero-order chi connectivity index (χ0) is 8.53. The summed E-state index contributed by atoms with van der Waals surface area (Å²) >= 11 is 0. The maximum atomic E-state index is 10.4. The highest BCUT2D eigenvalue weighted by Gasteiger charge is 1.92.